The maximum absolute atomic E-state index is 5.47. The lowest BCUT2D eigenvalue weighted by Gasteiger charge is -2.25. The van der Waals surface area contributed by atoms with Gasteiger partial charge in [-0.3, -0.25) is 0 Å². The van der Waals surface area contributed by atoms with E-state index in [1.807, 2.05) is 0 Å². The van der Waals surface area contributed by atoms with Crippen molar-refractivity contribution in [3.8, 4) is 0 Å². The molecule has 0 aliphatic heterocycles. The molecule has 0 saturated carbocycles. The molecule has 19 heavy (non-hydrogen) atoms. The molecular weight excluding hydrogens is 256 g/mol. The maximum atomic E-state index is 5.47. The lowest BCUT2D eigenvalue weighted by molar-refractivity contribution is 0.177. The van der Waals surface area contributed by atoms with Gasteiger partial charge in [-0.15, -0.1) is 0 Å². The zero-order valence-corrected chi connectivity index (χ0v) is 13.1. The second-order valence-electron chi connectivity index (χ2n) is 4.71. The van der Waals surface area contributed by atoms with E-state index in [-0.39, 0.29) is 0 Å². The number of thiocarbonyl (C=S) groups is 1. The third kappa shape index (κ3) is 5.17. The summed E-state index contributed by atoms with van der Waals surface area (Å²) < 4.78 is 5.12. The van der Waals surface area contributed by atoms with Crippen LogP contribution in [0.3, 0.4) is 0 Å². The second-order valence-corrected chi connectivity index (χ2v) is 5.10. The summed E-state index contributed by atoms with van der Waals surface area (Å²) in [5.41, 5.74) is 3.61. The zero-order chi connectivity index (χ0) is 14.3. The first-order valence-corrected chi connectivity index (χ1v) is 7.11. The molecule has 0 aliphatic rings. The van der Waals surface area contributed by atoms with Crippen molar-refractivity contribution >= 4 is 23.0 Å². The number of aryl methyl sites for hydroxylation is 2. The molecule has 1 N–H and O–H groups in total. The lowest BCUT2D eigenvalue weighted by atomic mass is 10.1. The summed E-state index contributed by atoms with van der Waals surface area (Å²) in [5, 5.41) is 4.07. The van der Waals surface area contributed by atoms with Gasteiger partial charge in [-0.05, 0) is 55.7 Å². The summed E-state index contributed by atoms with van der Waals surface area (Å²) in [6.07, 6.45) is 1.07. The summed E-state index contributed by atoms with van der Waals surface area (Å²) in [6.45, 7) is 8.83. The Hall–Kier alpha value is -1.13. The van der Waals surface area contributed by atoms with Crippen LogP contribution in [0.15, 0.2) is 18.2 Å². The maximum Gasteiger partial charge on any atom is 0.173 e. The molecule has 0 spiro atoms. The highest BCUT2D eigenvalue weighted by Gasteiger charge is 2.08. The smallest absolute Gasteiger partial charge is 0.173 e. The third-order valence-corrected chi connectivity index (χ3v) is 3.46. The van der Waals surface area contributed by atoms with Crippen molar-refractivity contribution in [1.82, 2.24) is 4.90 Å². The van der Waals surface area contributed by atoms with Crippen LogP contribution in [0.2, 0.25) is 0 Å². The van der Waals surface area contributed by atoms with Gasteiger partial charge in [0.2, 0.25) is 0 Å². The molecule has 4 heteroatoms. The number of hydrogen-bond acceptors (Lipinski definition) is 2. The zero-order valence-electron chi connectivity index (χ0n) is 12.3. The Kier molecular flexibility index (Phi) is 6.81. The van der Waals surface area contributed by atoms with Gasteiger partial charge in [-0.25, -0.2) is 0 Å². The van der Waals surface area contributed by atoms with E-state index in [2.05, 4.69) is 49.2 Å². The number of ether oxygens (including phenoxy) is 1. The summed E-state index contributed by atoms with van der Waals surface area (Å²) in [7, 11) is 1.71. The number of nitrogens with zero attached hydrogens (tertiary/aromatic N) is 1. The summed E-state index contributed by atoms with van der Waals surface area (Å²) in [4.78, 5) is 2.15. The molecule has 1 rings (SSSR count). The second kappa shape index (κ2) is 8.12. The first-order valence-electron chi connectivity index (χ1n) is 6.70. The first-order chi connectivity index (χ1) is 9.08. The van der Waals surface area contributed by atoms with Crippen LogP contribution in [0.25, 0.3) is 0 Å². The Labute approximate surface area is 121 Å². The Morgan fingerprint density at radius 3 is 2.58 bits per heavy atom. The molecule has 0 radical (unpaired) electrons. The summed E-state index contributed by atoms with van der Waals surface area (Å²) >= 11 is 5.47. The van der Waals surface area contributed by atoms with Crippen molar-refractivity contribution in [3.63, 3.8) is 0 Å². The minimum Gasteiger partial charge on any atom is -0.383 e. The number of benzene rings is 1. The topological polar surface area (TPSA) is 24.5 Å². The molecule has 0 aromatic heterocycles. The fraction of sp³-hybridized carbons (Fsp3) is 0.533. The fourth-order valence-corrected chi connectivity index (χ4v) is 2.11. The van der Waals surface area contributed by atoms with Crippen molar-refractivity contribution in [2.45, 2.75) is 27.2 Å². The molecule has 106 valence electrons. The van der Waals surface area contributed by atoms with Crippen LogP contribution >= 0.6 is 12.2 Å². The van der Waals surface area contributed by atoms with Gasteiger partial charge in [-0.2, -0.15) is 0 Å². The third-order valence-electron chi connectivity index (χ3n) is 3.10. The van der Waals surface area contributed by atoms with Crippen molar-refractivity contribution in [2.24, 2.45) is 0 Å². The minimum absolute atomic E-state index is 0.689. The number of rotatable bonds is 6. The van der Waals surface area contributed by atoms with Gasteiger partial charge in [0, 0.05) is 25.9 Å². The van der Waals surface area contributed by atoms with E-state index in [0.29, 0.717) is 6.61 Å². The number of methoxy groups -OCH3 is 1. The van der Waals surface area contributed by atoms with Crippen LogP contribution in [0, 0.1) is 13.8 Å². The molecule has 1 aromatic carbocycles. The molecular formula is C15H24N2OS. The van der Waals surface area contributed by atoms with Crippen molar-refractivity contribution in [3.05, 3.63) is 29.3 Å². The summed E-state index contributed by atoms with van der Waals surface area (Å²) in [6, 6.07) is 6.30. The fourth-order valence-electron chi connectivity index (χ4n) is 1.81. The van der Waals surface area contributed by atoms with Crippen LogP contribution in [0.5, 0.6) is 0 Å². The predicted molar refractivity (Wildman–Crippen MR) is 85.9 cm³/mol. The number of nitrogens with one attached hydrogen (secondary N) is 1. The van der Waals surface area contributed by atoms with Crippen LogP contribution in [0.1, 0.15) is 24.5 Å². The largest absolute Gasteiger partial charge is 0.383 e. The molecule has 0 atom stereocenters. The van der Waals surface area contributed by atoms with Gasteiger partial charge in [0.1, 0.15) is 0 Å². The van der Waals surface area contributed by atoms with E-state index in [4.69, 9.17) is 17.0 Å². The van der Waals surface area contributed by atoms with Crippen molar-refractivity contribution < 1.29 is 4.74 Å². The molecule has 0 bridgehead atoms. The van der Waals surface area contributed by atoms with E-state index in [1.165, 1.54) is 11.1 Å². The van der Waals surface area contributed by atoms with E-state index in [0.717, 1.165) is 30.3 Å². The standard InChI is InChI=1S/C15H24N2OS/c1-5-8-17(9-10-18-4)15(19)16-14-7-6-12(2)13(3)11-14/h6-7,11H,5,8-10H2,1-4H3,(H,16,19). The van der Waals surface area contributed by atoms with Gasteiger partial charge in [0.25, 0.3) is 0 Å². The predicted octanol–water partition coefficient (Wildman–Crippen LogP) is 3.36. The number of hydrogen-bond donors (Lipinski definition) is 1. The van der Waals surface area contributed by atoms with Crippen LogP contribution in [-0.4, -0.2) is 36.8 Å². The highest BCUT2D eigenvalue weighted by molar-refractivity contribution is 7.80. The Balaban J connectivity index is 2.66. The average Bonchev–Trinajstić information content (AvgIpc) is 2.38. The number of anilines is 1. The van der Waals surface area contributed by atoms with E-state index in [1.54, 1.807) is 7.11 Å². The molecule has 0 aliphatic carbocycles. The molecule has 0 saturated heterocycles. The van der Waals surface area contributed by atoms with Gasteiger partial charge in [0.15, 0.2) is 5.11 Å². The monoisotopic (exact) mass is 280 g/mol. The minimum atomic E-state index is 0.689. The van der Waals surface area contributed by atoms with E-state index < -0.39 is 0 Å². The SMILES string of the molecule is CCCN(CCOC)C(=S)Nc1ccc(C)c(C)c1. The molecule has 0 amide bonds. The Morgan fingerprint density at radius 2 is 2.00 bits per heavy atom. The van der Waals surface area contributed by atoms with Crippen molar-refractivity contribution in [2.75, 3.05) is 32.1 Å². The van der Waals surface area contributed by atoms with Crippen molar-refractivity contribution in [1.29, 1.82) is 0 Å². The first kappa shape index (κ1) is 15.9. The van der Waals surface area contributed by atoms with Gasteiger partial charge < -0.3 is 15.0 Å². The Morgan fingerprint density at radius 1 is 1.26 bits per heavy atom. The highest BCUT2D eigenvalue weighted by atomic mass is 32.1. The quantitative estimate of drug-likeness (QED) is 0.808. The Bertz CT molecular complexity index is 421. The van der Waals surface area contributed by atoms with Gasteiger partial charge in [0.05, 0.1) is 6.61 Å². The molecule has 3 nitrogen and oxygen atoms in total. The molecule has 0 heterocycles. The van der Waals surface area contributed by atoms with Crippen LogP contribution in [0.4, 0.5) is 5.69 Å². The molecule has 0 unspecified atom stereocenters. The lowest BCUT2D eigenvalue weighted by Crippen LogP contribution is -2.37. The van der Waals surface area contributed by atoms with E-state index in [9.17, 15) is 0 Å². The molecule has 1 aromatic rings. The van der Waals surface area contributed by atoms with Gasteiger partial charge >= 0.3 is 0 Å². The highest BCUT2D eigenvalue weighted by Crippen LogP contribution is 2.14. The van der Waals surface area contributed by atoms with Crippen LogP contribution < -0.4 is 5.32 Å². The summed E-state index contributed by atoms with van der Waals surface area (Å²) in [5.74, 6) is 0. The molecule has 0 fully saturated rings. The normalized spacial score (nSPS) is 10.3. The van der Waals surface area contributed by atoms with E-state index >= 15 is 0 Å². The average molecular weight is 280 g/mol. The van der Waals surface area contributed by atoms with Crippen LogP contribution in [-0.2, 0) is 4.74 Å². The van der Waals surface area contributed by atoms with Gasteiger partial charge in [-0.1, -0.05) is 13.0 Å².